The summed E-state index contributed by atoms with van der Waals surface area (Å²) in [6, 6.07) is 17.8. The third kappa shape index (κ3) is 4.75. The minimum absolute atomic E-state index is 0.308. The van der Waals surface area contributed by atoms with Gasteiger partial charge in [0.2, 0.25) is 11.8 Å². The van der Waals surface area contributed by atoms with Crippen LogP contribution in [0.5, 0.6) is 0 Å². The smallest absolute Gasteiger partial charge is 0.249 e. The van der Waals surface area contributed by atoms with Crippen LogP contribution < -0.4 is 0 Å². The maximum absolute atomic E-state index is 6.20. The molecule has 1 aromatic heterocycles. The Morgan fingerprint density at radius 1 is 1.00 bits per heavy atom. The molecular formula is C21H22ClN3O2. The second kappa shape index (κ2) is 8.65. The molecule has 3 aromatic rings. The zero-order valence-electron chi connectivity index (χ0n) is 15.1. The molecule has 6 heteroatoms. The van der Waals surface area contributed by atoms with Crippen molar-refractivity contribution in [1.82, 2.24) is 15.1 Å². The maximum Gasteiger partial charge on any atom is 0.249 e. The Balaban J connectivity index is 1.27. The average molecular weight is 384 g/mol. The van der Waals surface area contributed by atoms with Crippen LogP contribution in [0.1, 0.15) is 24.3 Å². The summed E-state index contributed by atoms with van der Waals surface area (Å²) in [6.07, 6.45) is 2.33. The van der Waals surface area contributed by atoms with Crippen molar-refractivity contribution in [2.24, 2.45) is 0 Å². The van der Waals surface area contributed by atoms with Crippen LogP contribution in [0.25, 0.3) is 11.5 Å². The van der Waals surface area contributed by atoms with Gasteiger partial charge in [0, 0.05) is 13.1 Å². The highest BCUT2D eigenvalue weighted by Crippen LogP contribution is 2.26. The molecule has 140 valence electrons. The normalized spacial score (nSPS) is 15.9. The van der Waals surface area contributed by atoms with Gasteiger partial charge in [-0.05, 0) is 30.5 Å². The van der Waals surface area contributed by atoms with Crippen LogP contribution in [-0.2, 0) is 17.9 Å². The Morgan fingerprint density at radius 3 is 2.52 bits per heavy atom. The lowest BCUT2D eigenvalue weighted by Gasteiger charge is -2.30. The van der Waals surface area contributed by atoms with Crippen molar-refractivity contribution in [3.8, 4) is 11.5 Å². The van der Waals surface area contributed by atoms with Gasteiger partial charge in [-0.25, -0.2) is 0 Å². The summed E-state index contributed by atoms with van der Waals surface area (Å²) in [6.45, 7) is 3.26. The zero-order valence-corrected chi connectivity index (χ0v) is 15.8. The number of benzene rings is 2. The standard InChI is InChI=1S/C21H22ClN3O2/c22-19-9-5-4-8-18(19)21-24-23-20(27-21)14-25-12-10-17(11-13-25)26-15-16-6-2-1-3-7-16/h1-9,17H,10-15H2. The molecule has 0 aliphatic carbocycles. The quantitative estimate of drug-likeness (QED) is 0.624. The lowest BCUT2D eigenvalue weighted by atomic mass is 10.1. The number of halogens is 1. The summed E-state index contributed by atoms with van der Waals surface area (Å²) < 4.78 is 11.9. The minimum atomic E-state index is 0.308. The number of hydrogen-bond donors (Lipinski definition) is 0. The highest BCUT2D eigenvalue weighted by atomic mass is 35.5. The molecule has 4 rings (SSSR count). The summed E-state index contributed by atoms with van der Waals surface area (Å²) in [5.41, 5.74) is 1.99. The first-order chi connectivity index (χ1) is 13.3. The largest absolute Gasteiger partial charge is 0.419 e. The van der Waals surface area contributed by atoms with Crippen LogP contribution in [0, 0.1) is 0 Å². The second-order valence-corrected chi connectivity index (χ2v) is 7.16. The van der Waals surface area contributed by atoms with Crippen molar-refractivity contribution in [1.29, 1.82) is 0 Å². The van der Waals surface area contributed by atoms with E-state index in [-0.39, 0.29) is 0 Å². The van der Waals surface area contributed by atoms with Crippen molar-refractivity contribution < 1.29 is 9.15 Å². The number of piperidine rings is 1. The van der Waals surface area contributed by atoms with E-state index in [4.69, 9.17) is 20.8 Å². The van der Waals surface area contributed by atoms with Gasteiger partial charge in [-0.2, -0.15) is 0 Å². The van der Waals surface area contributed by atoms with E-state index in [9.17, 15) is 0 Å². The fraction of sp³-hybridized carbons (Fsp3) is 0.333. The summed E-state index contributed by atoms with van der Waals surface area (Å²) in [7, 11) is 0. The van der Waals surface area contributed by atoms with Crippen LogP contribution in [0.3, 0.4) is 0 Å². The molecular weight excluding hydrogens is 362 g/mol. The molecule has 0 spiro atoms. The first-order valence-electron chi connectivity index (χ1n) is 9.23. The van der Waals surface area contributed by atoms with Gasteiger partial charge in [0.15, 0.2) is 0 Å². The maximum atomic E-state index is 6.20. The van der Waals surface area contributed by atoms with Crippen molar-refractivity contribution in [3.63, 3.8) is 0 Å². The summed E-state index contributed by atoms with van der Waals surface area (Å²) in [5, 5.41) is 8.93. The van der Waals surface area contributed by atoms with Gasteiger partial charge >= 0.3 is 0 Å². The predicted molar refractivity (Wildman–Crippen MR) is 104 cm³/mol. The van der Waals surface area contributed by atoms with E-state index in [1.54, 1.807) is 0 Å². The highest BCUT2D eigenvalue weighted by molar-refractivity contribution is 6.33. The number of likely N-dealkylation sites (tertiary alicyclic amines) is 1. The van der Waals surface area contributed by atoms with Crippen LogP contribution in [-0.4, -0.2) is 34.3 Å². The summed E-state index contributed by atoms with van der Waals surface area (Å²) >= 11 is 6.20. The third-order valence-electron chi connectivity index (χ3n) is 4.79. The monoisotopic (exact) mass is 383 g/mol. The molecule has 0 bridgehead atoms. The molecule has 2 aromatic carbocycles. The Hall–Kier alpha value is -2.21. The van der Waals surface area contributed by atoms with Crippen molar-refractivity contribution >= 4 is 11.6 Å². The molecule has 1 aliphatic heterocycles. The van der Waals surface area contributed by atoms with Gasteiger partial charge in [-0.1, -0.05) is 54.1 Å². The Bertz CT molecular complexity index is 861. The first-order valence-corrected chi connectivity index (χ1v) is 9.61. The van der Waals surface area contributed by atoms with E-state index in [0.717, 1.165) is 31.5 Å². The van der Waals surface area contributed by atoms with Crippen molar-refractivity contribution in [2.75, 3.05) is 13.1 Å². The minimum Gasteiger partial charge on any atom is -0.419 e. The SMILES string of the molecule is Clc1ccccc1-c1nnc(CN2CCC(OCc3ccccc3)CC2)o1. The van der Waals surface area contributed by atoms with Gasteiger partial charge in [0.1, 0.15) is 0 Å². The van der Waals surface area contributed by atoms with Crippen LogP contribution >= 0.6 is 11.6 Å². The Morgan fingerprint density at radius 2 is 1.74 bits per heavy atom. The lowest BCUT2D eigenvalue weighted by molar-refractivity contribution is -0.00526. The van der Waals surface area contributed by atoms with E-state index in [1.807, 2.05) is 42.5 Å². The topological polar surface area (TPSA) is 51.4 Å². The van der Waals surface area contributed by atoms with Gasteiger partial charge in [-0.3, -0.25) is 4.90 Å². The van der Waals surface area contributed by atoms with Gasteiger partial charge in [0.25, 0.3) is 0 Å². The van der Waals surface area contributed by atoms with Crippen molar-refractivity contribution in [2.45, 2.75) is 32.1 Å². The molecule has 0 N–H and O–H groups in total. The number of rotatable bonds is 6. The van der Waals surface area contributed by atoms with Crippen molar-refractivity contribution in [3.05, 3.63) is 71.1 Å². The zero-order chi connectivity index (χ0) is 18.5. The number of aromatic nitrogens is 2. The number of hydrogen-bond acceptors (Lipinski definition) is 5. The van der Waals surface area contributed by atoms with Gasteiger partial charge in [0.05, 0.1) is 29.8 Å². The fourth-order valence-corrected chi connectivity index (χ4v) is 3.49. The molecule has 27 heavy (non-hydrogen) atoms. The number of ether oxygens (including phenoxy) is 1. The number of nitrogens with zero attached hydrogens (tertiary/aromatic N) is 3. The fourth-order valence-electron chi connectivity index (χ4n) is 3.27. The lowest BCUT2D eigenvalue weighted by Crippen LogP contribution is -2.36. The molecule has 1 fully saturated rings. The molecule has 2 heterocycles. The van der Waals surface area contributed by atoms with Crippen LogP contribution in [0.4, 0.5) is 0 Å². The molecule has 1 aliphatic rings. The second-order valence-electron chi connectivity index (χ2n) is 6.75. The van der Waals surface area contributed by atoms with E-state index < -0.39 is 0 Å². The molecule has 0 unspecified atom stereocenters. The molecule has 5 nitrogen and oxygen atoms in total. The Labute approximate surface area is 163 Å². The van der Waals surface area contributed by atoms with Gasteiger partial charge < -0.3 is 9.15 Å². The molecule has 0 saturated carbocycles. The Kier molecular flexibility index (Phi) is 5.82. The molecule has 1 saturated heterocycles. The van der Waals surface area contributed by atoms with Crippen LogP contribution in [0.15, 0.2) is 59.0 Å². The molecule has 0 atom stereocenters. The van der Waals surface area contributed by atoms with E-state index in [2.05, 4.69) is 27.2 Å². The summed E-state index contributed by atoms with van der Waals surface area (Å²) in [4.78, 5) is 2.33. The first kappa shape index (κ1) is 18.2. The molecule has 0 radical (unpaired) electrons. The highest BCUT2D eigenvalue weighted by Gasteiger charge is 2.22. The predicted octanol–water partition coefficient (Wildman–Crippen LogP) is 4.57. The average Bonchev–Trinajstić information content (AvgIpc) is 3.17. The summed E-state index contributed by atoms with van der Waals surface area (Å²) in [5.74, 6) is 1.09. The van der Waals surface area contributed by atoms with Gasteiger partial charge in [-0.15, -0.1) is 10.2 Å². The molecule has 0 amide bonds. The van der Waals surface area contributed by atoms with E-state index >= 15 is 0 Å². The third-order valence-corrected chi connectivity index (χ3v) is 5.12. The van der Waals surface area contributed by atoms with Crippen LogP contribution in [0.2, 0.25) is 5.02 Å². The van der Waals surface area contributed by atoms with E-state index in [1.165, 1.54) is 5.56 Å². The van der Waals surface area contributed by atoms with E-state index in [0.29, 0.717) is 36.1 Å².